The van der Waals surface area contributed by atoms with E-state index in [2.05, 4.69) is 9.68 Å². The van der Waals surface area contributed by atoms with Gasteiger partial charge in [-0.3, -0.25) is 4.79 Å². The molecule has 0 saturated carbocycles. The standard InChI is InChI=1S/C11H16N2O5/c1-7(2)17-5-4-13(3)10(14)8-6-9(11(15)16)18-12-8/h6-7H,4-5H2,1-3H3,(H,15,16). The van der Waals surface area contributed by atoms with Crippen molar-refractivity contribution in [3.63, 3.8) is 0 Å². The molecule has 0 aromatic carbocycles. The number of nitrogens with zero attached hydrogens (tertiary/aromatic N) is 2. The minimum Gasteiger partial charge on any atom is -0.475 e. The van der Waals surface area contributed by atoms with Crippen molar-refractivity contribution in [1.29, 1.82) is 0 Å². The number of carbonyl (C=O) groups is 2. The highest BCUT2D eigenvalue weighted by atomic mass is 16.5. The van der Waals surface area contributed by atoms with E-state index < -0.39 is 11.9 Å². The van der Waals surface area contributed by atoms with E-state index in [1.807, 2.05) is 13.8 Å². The maximum Gasteiger partial charge on any atom is 0.374 e. The van der Waals surface area contributed by atoms with E-state index in [1.165, 1.54) is 4.90 Å². The number of carboxylic acid groups (broad SMARTS) is 1. The summed E-state index contributed by atoms with van der Waals surface area (Å²) in [7, 11) is 1.58. The topological polar surface area (TPSA) is 92.9 Å². The van der Waals surface area contributed by atoms with Crippen LogP contribution >= 0.6 is 0 Å². The molecule has 1 heterocycles. The molecule has 18 heavy (non-hydrogen) atoms. The highest BCUT2D eigenvalue weighted by molar-refractivity contribution is 5.94. The predicted molar refractivity (Wildman–Crippen MR) is 61.5 cm³/mol. The Balaban J connectivity index is 2.54. The number of carboxylic acids is 1. The molecule has 1 N–H and O–H groups in total. The van der Waals surface area contributed by atoms with Crippen molar-refractivity contribution in [3.05, 3.63) is 17.5 Å². The molecule has 0 spiro atoms. The Morgan fingerprint density at radius 3 is 2.72 bits per heavy atom. The molecule has 1 aromatic heterocycles. The number of aromatic carboxylic acids is 1. The summed E-state index contributed by atoms with van der Waals surface area (Å²) in [5.41, 5.74) is -0.0283. The van der Waals surface area contributed by atoms with Crippen LogP contribution in [0.15, 0.2) is 10.6 Å². The lowest BCUT2D eigenvalue weighted by Gasteiger charge is -2.16. The third-order valence-electron chi connectivity index (χ3n) is 2.16. The number of amides is 1. The summed E-state index contributed by atoms with van der Waals surface area (Å²) in [5.74, 6) is -2.02. The molecule has 7 nitrogen and oxygen atoms in total. The molecular weight excluding hydrogens is 240 g/mol. The van der Waals surface area contributed by atoms with Crippen LogP contribution in [0.2, 0.25) is 0 Å². The van der Waals surface area contributed by atoms with Gasteiger partial charge in [0.15, 0.2) is 5.69 Å². The second-order valence-electron chi connectivity index (χ2n) is 4.03. The Bertz CT molecular complexity index is 427. The number of carbonyl (C=O) groups excluding carboxylic acids is 1. The second-order valence-corrected chi connectivity index (χ2v) is 4.03. The van der Waals surface area contributed by atoms with E-state index in [0.29, 0.717) is 13.2 Å². The summed E-state index contributed by atoms with van der Waals surface area (Å²) in [6, 6.07) is 1.10. The van der Waals surface area contributed by atoms with Crippen molar-refractivity contribution in [2.75, 3.05) is 20.2 Å². The lowest BCUT2D eigenvalue weighted by Crippen LogP contribution is -2.31. The summed E-state index contributed by atoms with van der Waals surface area (Å²) < 4.78 is 9.82. The van der Waals surface area contributed by atoms with Gasteiger partial charge in [0, 0.05) is 19.7 Å². The zero-order chi connectivity index (χ0) is 13.7. The van der Waals surface area contributed by atoms with Gasteiger partial charge in [0.1, 0.15) is 0 Å². The fourth-order valence-electron chi connectivity index (χ4n) is 1.20. The normalized spacial score (nSPS) is 10.7. The fourth-order valence-corrected chi connectivity index (χ4v) is 1.20. The maximum absolute atomic E-state index is 11.8. The third-order valence-corrected chi connectivity index (χ3v) is 2.16. The van der Waals surface area contributed by atoms with E-state index in [0.717, 1.165) is 6.07 Å². The van der Waals surface area contributed by atoms with Crippen LogP contribution in [0.1, 0.15) is 34.9 Å². The van der Waals surface area contributed by atoms with Crippen LogP contribution in [0, 0.1) is 0 Å². The van der Waals surface area contributed by atoms with Crippen LogP contribution in [0.4, 0.5) is 0 Å². The summed E-state index contributed by atoms with van der Waals surface area (Å²) in [4.78, 5) is 23.8. The van der Waals surface area contributed by atoms with E-state index in [9.17, 15) is 9.59 Å². The Kier molecular flexibility index (Phi) is 4.85. The van der Waals surface area contributed by atoms with Crippen LogP contribution in [-0.4, -0.2) is 53.3 Å². The second kappa shape index (κ2) is 6.15. The molecule has 1 aromatic rings. The Morgan fingerprint density at radius 2 is 2.22 bits per heavy atom. The lowest BCUT2D eigenvalue weighted by molar-refractivity contribution is 0.0526. The quantitative estimate of drug-likeness (QED) is 0.811. The monoisotopic (exact) mass is 256 g/mol. The van der Waals surface area contributed by atoms with Gasteiger partial charge < -0.3 is 19.3 Å². The zero-order valence-electron chi connectivity index (χ0n) is 10.5. The summed E-state index contributed by atoms with van der Waals surface area (Å²) in [6.45, 7) is 4.60. The average molecular weight is 256 g/mol. The van der Waals surface area contributed by atoms with Gasteiger partial charge in [-0.05, 0) is 13.8 Å². The first-order valence-electron chi connectivity index (χ1n) is 5.49. The Hall–Kier alpha value is -1.89. The Morgan fingerprint density at radius 1 is 1.56 bits per heavy atom. The number of ether oxygens (including phenoxy) is 1. The van der Waals surface area contributed by atoms with Crippen molar-refractivity contribution in [3.8, 4) is 0 Å². The zero-order valence-corrected chi connectivity index (χ0v) is 10.5. The van der Waals surface area contributed by atoms with Crippen LogP contribution in [0.5, 0.6) is 0 Å². The van der Waals surface area contributed by atoms with Crippen LogP contribution in [0.25, 0.3) is 0 Å². The number of aromatic nitrogens is 1. The van der Waals surface area contributed by atoms with Gasteiger partial charge in [0.05, 0.1) is 12.7 Å². The summed E-state index contributed by atoms with van der Waals surface area (Å²) in [5, 5.41) is 12.1. The first kappa shape index (κ1) is 14.2. The lowest BCUT2D eigenvalue weighted by atomic mass is 10.3. The van der Waals surface area contributed by atoms with Crippen molar-refractivity contribution < 1.29 is 24.0 Å². The number of rotatable bonds is 6. The molecule has 0 unspecified atom stereocenters. The molecule has 7 heteroatoms. The van der Waals surface area contributed by atoms with Crippen molar-refractivity contribution in [2.24, 2.45) is 0 Å². The highest BCUT2D eigenvalue weighted by Crippen LogP contribution is 2.06. The molecule has 0 aliphatic carbocycles. The van der Waals surface area contributed by atoms with Crippen LogP contribution in [0.3, 0.4) is 0 Å². The first-order chi connectivity index (χ1) is 8.41. The van der Waals surface area contributed by atoms with Gasteiger partial charge in [-0.2, -0.15) is 0 Å². The van der Waals surface area contributed by atoms with Crippen molar-refractivity contribution in [2.45, 2.75) is 20.0 Å². The molecule has 1 rings (SSSR count). The third kappa shape index (κ3) is 3.85. The van der Waals surface area contributed by atoms with Gasteiger partial charge in [-0.15, -0.1) is 0 Å². The van der Waals surface area contributed by atoms with Crippen molar-refractivity contribution in [1.82, 2.24) is 10.1 Å². The van der Waals surface area contributed by atoms with Crippen molar-refractivity contribution >= 4 is 11.9 Å². The molecule has 1 amide bonds. The number of hydrogen-bond acceptors (Lipinski definition) is 5. The smallest absolute Gasteiger partial charge is 0.374 e. The first-order valence-corrected chi connectivity index (χ1v) is 5.49. The number of hydrogen-bond donors (Lipinski definition) is 1. The van der Waals surface area contributed by atoms with Gasteiger partial charge in [-0.1, -0.05) is 5.16 Å². The van der Waals surface area contributed by atoms with E-state index in [1.54, 1.807) is 7.05 Å². The summed E-state index contributed by atoms with van der Waals surface area (Å²) in [6.07, 6.45) is 0.0964. The van der Waals surface area contributed by atoms with E-state index in [4.69, 9.17) is 9.84 Å². The molecular formula is C11H16N2O5. The molecule has 0 bridgehead atoms. The van der Waals surface area contributed by atoms with E-state index >= 15 is 0 Å². The molecule has 0 fully saturated rings. The van der Waals surface area contributed by atoms with E-state index in [-0.39, 0.29) is 17.6 Å². The summed E-state index contributed by atoms with van der Waals surface area (Å²) >= 11 is 0. The Labute approximate surface area is 104 Å². The highest BCUT2D eigenvalue weighted by Gasteiger charge is 2.19. The van der Waals surface area contributed by atoms with Gasteiger partial charge in [-0.25, -0.2) is 4.79 Å². The average Bonchev–Trinajstić information content (AvgIpc) is 2.76. The van der Waals surface area contributed by atoms with Crippen LogP contribution in [-0.2, 0) is 4.74 Å². The largest absolute Gasteiger partial charge is 0.475 e. The molecule has 100 valence electrons. The molecule has 0 atom stereocenters. The minimum absolute atomic E-state index is 0.0283. The van der Waals surface area contributed by atoms with Gasteiger partial charge >= 0.3 is 5.97 Å². The van der Waals surface area contributed by atoms with Gasteiger partial charge in [0.2, 0.25) is 5.76 Å². The molecule has 0 saturated heterocycles. The molecule has 0 aliphatic heterocycles. The van der Waals surface area contributed by atoms with Crippen LogP contribution < -0.4 is 0 Å². The van der Waals surface area contributed by atoms with Gasteiger partial charge in [0.25, 0.3) is 5.91 Å². The fraction of sp³-hybridized carbons (Fsp3) is 0.545. The minimum atomic E-state index is -1.26. The maximum atomic E-state index is 11.8. The predicted octanol–water partition coefficient (Wildman–Crippen LogP) is 0.870. The number of likely N-dealkylation sites (N-methyl/N-ethyl adjacent to an activating group) is 1. The SMILES string of the molecule is CC(C)OCCN(C)C(=O)c1cc(C(=O)O)on1. The molecule has 0 aliphatic rings. The molecule has 0 radical (unpaired) electrons.